The molecule has 0 spiro atoms. The number of halogens is 4. The summed E-state index contributed by atoms with van der Waals surface area (Å²) < 4.78 is 50.3. The smallest absolute Gasteiger partial charge is 0.324 e. The van der Waals surface area contributed by atoms with Gasteiger partial charge in [-0.1, -0.05) is 13.8 Å². The second kappa shape index (κ2) is 5.75. The molecule has 0 bridgehead atoms. The second-order valence-corrected chi connectivity index (χ2v) is 4.86. The third-order valence-corrected chi connectivity index (χ3v) is 2.89. The SMILES string of the molecule is CC(C)C1NC(=O)CCN(CC(F)(F)C(F)F)C1=O. The molecule has 0 aliphatic carbocycles. The van der Waals surface area contributed by atoms with Crippen LogP contribution < -0.4 is 5.32 Å². The Morgan fingerprint density at radius 2 is 1.95 bits per heavy atom. The average molecular weight is 284 g/mol. The van der Waals surface area contributed by atoms with E-state index in [1.54, 1.807) is 13.8 Å². The number of carbonyl (C=O) groups excluding carboxylic acids is 2. The molecule has 1 aliphatic heterocycles. The molecule has 1 aliphatic rings. The van der Waals surface area contributed by atoms with Gasteiger partial charge in [0.1, 0.15) is 6.04 Å². The molecule has 1 atom stereocenters. The maximum Gasteiger partial charge on any atom is 0.324 e. The van der Waals surface area contributed by atoms with Gasteiger partial charge in [0.15, 0.2) is 0 Å². The van der Waals surface area contributed by atoms with Crippen LogP contribution in [0.4, 0.5) is 17.6 Å². The molecule has 0 aromatic carbocycles. The van der Waals surface area contributed by atoms with Crippen LogP contribution in [0.15, 0.2) is 0 Å². The first kappa shape index (κ1) is 15.7. The van der Waals surface area contributed by atoms with Crippen molar-refractivity contribution in [1.29, 1.82) is 0 Å². The molecule has 4 nitrogen and oxygen atoms in total. The quantitative estimate of drug-likeness (QED) is 0.790. The molecule has 0 aromatic heterocycles. The first-order chi connectivity index (χ1) is 8.65. The molecular formula is C11H16F4N2O2. The average Bonchev–Trinajstić information content (AvgIpc) is 2.41. The number of hydrogen-bond donors (Lipinski definition) is 1. The standard InChI is InChI=1S/C11H16F4N2O2/c1-6(2)8-9(19)17(4-3-7(18)16-8)5-11(14,15)10(12)13/h6,8,10H,3-5H2,1-2H3,(H,16,18). The van der Waals surface area contributed by atoms with Crippen molar-refractivity contribution in [2.24, 2.45) is 5.92 Å². The lowest BCUT2D eigenvalue weighted by Crippen LogP contribution is -2.51. The number of nitrogens with zero attached hydrogens (tertiary/aromatic N) is 1. The maximum absolute atomic E-state index is 13.0. The van der Waals surface area contributed by atoms with E-state index in [9.17, 15) is 27.2 Å². The molecule has 2 amide bonds. The van der Waals surface area contributed by atoms with Crippen LogP contribution in [0.3, 0.4) is 0 Å². The minimum atomic E-state index is -4.27. The zero-order valence-corrected chi connectivity index (χ0v) is 10.6. The normalized spacial score (nSPS) is 21.9. The number of alkyl halides is 4. The Balaban J connectivity index is 2.87. The van der Waals surface area contributed by atoms with E-state index in [0.717, 1.165) is 0 Å². The number of amides is 2. The summed E-state index contributed by atoms with van der Waals surface area (Å²) in [5, 5.41) is 2.41. The van der Waals surface area contributed by atoms with Gasteiger partial charge >= 0.3 is 12.3 Å². The Labute approximate surface area is 108 Å². The van der Waals surface area contributed by atoms with Crippen LogP contribution in [-0.4, -0.2) is 48.2 Å². The van der Waals surface area contributed by atoms with Gasteiger partial charge in [-0.2, -0.15) is 8.78 Å². The topological polar surface area (TPSA) is 49.4 Å². The fourth-order valence-electron chi connectivity index (χ4n) is 1.78. The number of rotatable bonds is 4. The zero-order valence-electron chi connectivity index (χ0n) is 10.6. The Morgan fingerprint density at radius 1 is 1.37 bits per heavy atom. The molecule has 0 aromatic rings. The number of hydrogen-bond acceptors (Lipinski definition) is 2. The van der Waals surface area contributed by atoms with E-state index in [2.05, 4.69) is 5.32 Å². The second-order valence-electron chi connectivity index (χ2n) is 4.86. The van der Waals surface area contributed by atoms with Gasteiger partial charge in [-0.3, -0.25) is 9.59 Å². The largest absolute Gasteiger partial charge is 0.344 e. The van der Waals surface area contributed by atoms with E-state index in [-0.39, 0.29) is 18.9 Å². The molecule has 1 unspecified atom stereocenters. The molecule has 8 heteroatoms. The van der Waals surface area contributed by atoms with Crippen molar-refractivity contribution in [2.75, 3.05) is 13.1 Å². The summed E-state index contributed by atoms with van der Waals surface area (Å²) in [5.74, 6) is -5.78. The fraction of sp³-hybridized carbons (Fsp3) is 0.818. The minimum absolute atomic E-state index is 0.172. The van der Waals surface area contributed by atoms with Gasteiger partial charge in [-0.25, -0.2) is 8.78 Å². The molecule has 1 saturated heterocycles. The Morgan fingerprint density at radius 3 is 2.42 bits per heavy atom. The van der Waals surface area contributed by atoms with Crippen molar-refractivity contribution < 1.29 is 27.2 Å². The lowest BCUT2D eigenvalue weighted by Gasteiger charge is -2.29. The highest BCUT2D eigenvalue weighted by Gasteiger charge is 2.45. The van der Waals surface area contributed by atoms with Crippen molar-refractivity contribution in [1.82, 2.24) is 10.2 Å². The lowest BCUT2D eigenvalue weighted by atomic mass is 10.0. The van der Waals surface area contributed by atoms with Crippen molar-refractivity contribution in [3.05, 3.63) is 0 Å². The summed E-state index contributed by atoms with van der Waals surface area (Å²) in [6.45, 7) is 1.62. The van der Waals surface area contributed by atoms with E-state index in [0.29, 0.717) is 4.90 Å². The van der Waals surface area contributed by atoms with Gasteiger partial charge in [0, 0.05) is 13.0 Å². The predicted octanol–water partition coefficient (Wildman–Crippen LogP) is 1.26. The van der Waals surface area contributed by atoms with Crippen LogP contribution in [-0.2, 0) is 9.59 Å². The third kappa shape index (κ3) is 3.81. The van der Waals surface area contributed by atoms with Crippen LogP contribution in [0.1, 0.15) is 20.3 Å². The molecule has 1 N–H and O–H groups in total. The van der Waals surface area contributed by atoms with Gasteiger partial charge in [0.05, 0.1) is 6.54 Å². The molecule has 19 heavy (non-hydrogen) atoms. The van der Waals surface area contributed by atoms with Gasteiger partial charge in [-0.05, 0) is 5.92 Å². The summed E-state index contributed by atoms with van der Waals surface area (Å²) in [5.41, 5.74) is 0. The highest BCUT2D eigenvalue weighted by Crippen LogP contribution is 2.25. The zero-order chi connectivity index (χ0) is 14.8. The third-order valence-electron chi connectivity index (χ3n) is 2.89. The number of nitrogens with one attached hydrogen (secondary N) is 1. The Bertz CT molecular complexity index is 361. The fourth-order valence-corrected chi connectivity index (χ4v) is 1.78. The minimum Gasteiger partial charge on any atom is -0.344 e. The van der Waals surface area contributed by atoms with Crippen molar-refractivity contribution in [2.45, 2.75) is 38.7 Å². The van der Waals surface area contributed by atoms with Gasteiger partial charge in [0.25, 0.3) is 0 Å². The van der Waals surface area contributed by atoms with E-state index in [1.807, 2.05) is 0 Å². The molecule has 1 fully saturated rings. The van der Waals surface area contributed by atoms with Crippen LogP contribution in [0.2, 0.25) is 0 Å². The number of carbonyl (C=O) groups is 2. The molecule has 0 saturated carbocycles. The first-order valence-corrected chi connectivity index (χ1v) is 5.89. The van der Waals surface area contributed by atoms with Gasteiger partial charge < -0.3 is 10.2 Å². The molecule has 0 radical (unpaired) electrons. The lowest BCUT2D eigenvalue weighted by molar-refractivity contribution is -0.157. The Kier molecular flexibility index (Phi) is 4.75. The van der Waals surface area contributed by atoms with Crippen molar-refractivity contribution in [3.63, 3.8) is 0 Å². The molecular weight excluding hydrogens is 268 g/mol. The van der Waals surface area contributed by atoms with Crippen molar-refractivity contribution in [3.8, 4) is 0 Å². The summed E-state index contributed by atoms with van der Waals surface area (Å²) in [7, 11) is 0. The van der Waals surface area contributed by atoms with E-state index in [1.165, 1.54) is 0 Å². The Hall–Kier alpha value is -1.34. The summed E-state index contributed by atoms with van der Waals surface area (Å²) in [6.07, 6.45) is -4.02. The van der Waals surface area contributed by atoms with E-state index in [4.69, 9.17) is 0 Å². The predicted molar refractivity (Wildman–Crippen MR) is 58.9 cm³/mol. The van der Waals surface area contributed by atoms with Crippen LogP contribution in [0.25, 0.3) is 0 Å². The summed E-state index contributed by atoms with van der Waals surface area (Å²) >= 11 is 0. The van der Waals surface area contributed by atoms with Gasteiger partial charge in [-0.15, -0.1) is 0 Å². The molecule has 1 rings (SSSR count). The summed E-state index contributed by atoms with van der Waals surface area (Å²) in [4.78, 5) is 24.0. The van der Waals surface area contributed by atoms with Crippen molar-refractivity contribution >= 4 is 11.8 Å². The molecule has 1 heterocycles. The van der Waals surface area contributed by atoms with Crippen LogP contribution in [0, 0.1) is 5.92 Å². The van der Waals surface area contributed by atoms with Crippen LogP contribution >= 0.6 is 0 Å². The first-order valence-electron chi connectivity index (χ1n) is 5.89. The van der Waals surface area contributed by atoms with E-state index < -0.39 is 36.7 Å². The van der Waals surface area contributed by atoms with Gasteiger partial charge in [0.2, 0.25) is 11.8 Å². The maximum atomic E-state index is 13.0. The highest BCUT2D eigenvalue weighted by atomic mass is 19.3. The van der Waals surface area contributed by atoms with Crippen LogP contribution in [0.5, 0.6) is 0 Å². The molecule has 110 valence electrons. The van der Waals surface area contributed by atoms with E-state index >= 15 is 0 Å². The monoisotopic (exact) mass is 284 g/mol. The summed E-state index contributed by atoms with van der Waals surface area (Å²) in [6, 6.07) is -0.955. The highest BCUT2D eigenvalue weighted by molar-refractivity contribution is 5.90.